The van der Waals surface area contributed by atoms with Gasteiger partial charge < -0.3 is 5.11 Å². The van der Waals surface area contributed by atoms with Crippen molar-refractivity contribution in [3.63, 3.8) is 0 Å². The summed E-state index contributed by atoms with van der Waals surface area (Å²) in [5.41, 5.74) is 1.38. The van der Waals surface area contributed by atoms with Gasteiger partial charge in [-0.15, -0.1) is 0 Å². The maximum Gasteiger partial charge on any atom is 0.271 e. The van der Waals surface area contributed by atoms with Crippen molar-refractivity contribution >= 4 is 57.7 Å². The molecule has 1 saturated heterocycles. The molecule has 1 aliphatic rings. The van der Waals surface area contributed by atoms with Gasteiger partial charge in [0.25, 0.3) is 11.5 Å². The van der Waals surface area contributed by atoms with Gasteiger partial charge in [-0.1, -0.05) is 77.5 Å². The minimum Gasteiger partial charge on any atom is -0.494 e. The molecule has 1 N–H and O–H groups in total. The summed E-state index contributed by atoms with van der Waals surface area (Å²) < 4.78 is 1.18. The number of aryl methyl sites for hydroxylation is 1. The second-order valence-corrected chi connectivity index (χ2v) is 10.5. The molecular formula is C27H20ClN3O4S2. The topological polar surface area (TPSA) is 103 Å². The predicted molar refractivity (Wildman–Crippen MR) is 148 cm³/mol. The predicted octanol–water partition coefficient (Wildman–Crippen LogP) is 4.83. The Balaban J connectivity index is 1.66. The molecule has 2 heterocycles. The van der Waals surface area contributed by atoms with Crippen molar-refractivity contribution in [2.75, 3.05) is 6.54 Å². The zero-order chi connectivity index (χ0) is 26.9. The number of halogens is 1. The molecule has 0 bridgehead atoms. The summed E-state index contributed by atoms with van der Waals surface area (Å²) in [7, 11) is 0. The fourth-order valence-corrected chi connectivity index (χ4v) is 5.26. The highest BCUT2D eigenvalue weighted by Crippen LogP contribution is 2.33. The molecule has 186 valence electrons. The highest BCUT2D eigenvalue weighted by Gasteiger charge is 2.35. The summed E-state index contributed by atoms with van der Waals surface area (Å²) in [6.07, 6.45) is 1.65. The average Bonchev–Trinajstić information content (AvgIpc) is 3.12. The van der Waals surface area contributed by atoms with Crippen LogP contribution >= 0.6 is 35.6 Å². The van der Waals surface area contributed by atoms with Crippen LogP contribution < -0.4 is 5.56 Å². The van der Waals surface area contributed by atoms with Gasteiger partial charge in [-0.3, -0.25) is 23.9 Å². The van der Waals surface area contributed by atoms with Crippen LogP contribution in [0.4, 0.5) is 0 Å². The van der Waals surface area contributed by atoms with Crippen LogP contribution in [-0.2, 0) is 11.3 Å². The van der Waals surface area contributed by atoms with Crippen molar-refractivity contribution in [3.8, 4) is 11.9 Å². The lowest BCUT2D eigenvalue weighted by molar-refractivity contribution is -0.121. The van der Waals surface area contributed by atoms with Crippen molar-refractivity contribution in [1.82, 2.24) is 9.47 Å². The summed E-state index contributed by atoms with van der Waals surface area (Å²) in [5, 5.41) is 21.2. The monoisotopic (exact) mass is 549 g/mol. The lowest BCUT2D eigenvalue weighted by atomic mass is 10.0. The third kappa shape index (κ3) is 5.37. The quantitative estimate of drug-likeness (QED) is 0.267. The first-order valence-corrected chi connectivity index (χ1v) is 12.7. The van der Waals surface area contributed by atoms with Crippen LogP contribution in [-0.4, -0.2) is 37.1 Å². The molecule has 1 aliphatic heterocycles. The van der Waals surface area contributed by atoms with Crippen LogP contribution in [0.3, 0.4) is 0 Å². The van der Waals surface area contributed by atoms with Crippen LogP contribution in [0.25, 0.3) is 6.08 Å². The zero-order valence-electron chi connectivity index (χ0n) is 19.8. The number of thioether (sulfide) groups is 1. The Morgan fingerprint density at radius 1 is 1.14 bits per heavy atom. The molecule has 0 atom stereocenters. The molecule has 0 saturated carbocycles. The standard InChI is InChI=1S/C27H20ClN3O4S2/c1-15-3-5-18(6-4-15)13-30-24(33)20(12-29)16(2)23(26(30)35)21(32)14-31-25(34)22(37-27(31)36)11-17-7-9-19(28)10-8-17/h3-11,35H,13-14H2,1-2H3/b22-11-. The number of hydrogen-bond donors (Lipinski definition) is 1. The van der Waals surface area contributed by atoms with Gasteiger partial charge >= 0.3 is 0 Å². The second-order valence-electron chi connectivity index (χ2n) is 8.43. The van der Waals surface area contributed by atoms with Crippen LogP contribution in [0.1, 0.15) is 38.2 Å². The van der Waals surface area contributed by atoms with E-state index in [0.29, 0.717) is 15.5 Å². The van der Waals surface area contributed by atoms with Crippen LogP contribution in [0.2, 0.25) is 5.02 Å². The number of ketones is 1. The number of thiocarbonyl (C=S) groups is 1. The maximum absolute atomic E-state index is 13.4. The average molecular weight is 550 g/mol. The molecule has 2 aromatic carbocycles. The number of hydrogen-bond acceptors (Lipinski definition) is 7. The van der Waals surface area contributed by atoms with E-state index in [0.717, 1.165) is 32.4 Å². The van der Waals surface area contributed by atoms with Crippen molar-refractivity contribution in [1.29, 1.82) is 5.26 Å². The Labute approximate surface area is 227 Å². The first kappa shape index (κ1) is 26.4. The van der Waals surface area contributed by atoms with Gasteiger partial charge in [0.2, 0.25) is 5.88 Å². The van der Waals surface area contributed by atoms with Gasteiger partial charge in [0.05, 0.1) is 23.6 Å². The number of Topliss-reactive ketones (excluding diaryl/α,β-unsaturated/α-hetero) is 1. The summed E-state index contributed by atoms with van der Waals surface area (Å²) in [6.45, 7) is 2.85. The van der Waals surface area contributed by atoms with Gasteiger partial charge in [0, 0.05) is 5.02 Å². The van der Waals surface area contributed by atoms with E-state index in [1.807, 2.05) is 25.1 Å². The lowest BCUT2D eigenvalue weighted by Crippen LogP contribution is -2.35. The third-order valence-corrected chi connectivity index (χ3v) is 7.51. The molecular weight excluding hydrogens is 530 g/mol. The van der Waals surface area contributed by atoms with Gasteiger partial charge in [-0.25, -0.2) is 0 Å². The van der Waals surface area contributed by atoms with E-state index in [1.54, 1.807) is 42.5 Å². The fourth-order valence-electron chi connectivity index (χ4n) is 3.88. The van der Waals surface area contributed by atoms with Gasteiger partial charge in [0.1, 0.15) is 16.0 Å². The number of nitrogens with zero attached hydrogens (tertiary/aromatic N) is 3. The number of rotatable bonds is 6. The molecule has 1 fully saturated rings. The number of pyridine rings is 1. The van der Waals surface area contributed by atoms with Crippen LogP contribution in [0, 0.1) is 25.2 Å². The molecule has 7 nitrogen and oxygen atoms in total. The number of aromatic hydroxyl groups is 1. The molecule has 0 radical (unpaired) electrons. The highest BCUT2D eigenvalue weighted by molar-refractivity contribution is 8.26. The maximum atomic E-state index is 13.4. The van der Waals surface area contributed by atoms with Gasteiger partial charge in [-0.2, -0.15) is 5.26 Å². The number of amides is 1. The number of carbonyl (C=O) groups excluding carboxylic acids is 2. The van der Waals surface area contributed by atoms with E-state index >= 15 is 0 Å². The first-order valence-electron chi connectivity index (χ1n) is 11.1. The van der Waals surface area contributed by atoms with Crippen molar-refractivity contribution < 1.29 is 14.7 Å². The number of aromatic nitrogens is 1. The first-order chi connectivity index (χ1) is 17.6. The SMILES string of the molecule is Cc1ccc(Cn2c(O)c(C(=O)CN3C(=O)/C(=C/c4ccc(Cl)cc4)SC3=S)c(C)c(C#N)c2=O)cc1. The molecule has 37 heavy (non-hydrogen) atoms. The molecule has 10 heteroatoms. The lowest BCUT2D eigenvalue weighted by Gasteiger charge is -2.18. The van der Waals surface area contributed by atoms with E-state index in [-0.39, 0.29) is 27.6 Å². The Morgan fingerprint density at radius 3 is 2.41 bits per heavy atom. The molecule has 0 spiro atoms. The normalized spacial score (nSPS) is 14.3. The Hall–Kier alpha value is -3.71. The van der Waals surface area contributed by atoms with Crippen molar-refractivity contribution in [2.24, 2.45) is 0 Å². The molecule has 3 aromatic rings. The summed E-state index contributed by atoms with van der Waals surface area (Å²) in [6, 6.07) is 16.0. The van der Waals surface area contributed by atoms with E-state index in [4.69, 9.17) is 23.8 Å². The molecule has 4 rings (SSSR count). The fraction of sp³-hybridized carbons (Fsp3) is 0.148. The van der Waals surface area contributed by atoms with E-state index in [1.165, 1.54) is 6.92 Å². The Kier molecular flexibility index (Phi) is 7.64. The number of carbonyl (C=O) groups is 2. The molecule has 1 aromatic heterocycles. The minimum atomic E-state index is -0.703. The van der Waals surface area contributed by atoms with Crippen LogP contribution in [0.5, 0.6) is 5.88 Å². The number of nitriles is 1. The smallest absolute Gasteiger partial charge is 0.271 e. The van der Waals surface area contributed by atoms with E-state index < -0.39 is 29.7 Å². The Bertz CT molecular complexity index is 1570. The minimum absolute atomic E-state index is 0.0366. The van der Waals surface area contributed by atoms with Crippen molar-refractivity contribution in [2.45, 2.75) is 20.4 Å². The van der Waals surface area contributed by atoms with E-state index in [2.05, 4.69) is 0 Å². The Morgan fingerprint density at radius 2 is 1.78 bits per heavy atom. The summed E-state index contributed by atoms with van der Waals surface area (Å²) in [4.78, 5) is 40.8. The summed E-state index contributed by atoms with van der Waals surface area (Å²) in [5.74, 6) is -1.66. The second kappa shape index (κ2) is 10.7. The third-order valence-electron chi connectivity index (χ3n) is 5.88. The van der Waals surface area contributed by atoms with Crippen LogP contribution in [0.15, 0.2) is 58.2 Å². The van der Waals surface area contributed by atoms with E-state index in [9.17, 15) is 24.8 Å². The molecule has 0 unspecified atom stereocenters. The zero-order valence-corrected chi connectivity index (χ0v) is 22.2. The van der Waals surface area contributed by atoms with Gasteiger partial charge in [-0.05, 0) is 48.7 Å². The molecule has 1 amide bonds. The summed E-state index contributed by atoms with van der Waals surface area (Å²) >= 11 is 12.3. The molecule has 0 aliphatic carbocycles. The highest BCUT2D eigenvalue weighted by atomic mass is 35.5. The van der Waals surface area contributed by atoms with Crippen molar-refractivity contribution in [3.05, 3.63) is 102 Å². The van der Waals surface area contributed by atoms with Gasteiger partial charge in [0.15, 0.2) is 5.78 Å². The number of benzene rings is 2. The largest absolute Gasteiger partial charge is 0.494 e.